The van der Waals surface area contributed by atoms with Gasteiger partial charge in [0.05, 0.1) is 6.54 Å². The van der Waals surface area contributed by atoms with Crippen LogP contribution in [0, 0.1) is 0 Å². The molecule has 0 bridgehead atoms. The molecule has 2 N–H and O–H groups in total. The Labute approximate surface area is 194 Å². The number of benzene rings is 2. The second-order valence-corrected chi connectivity index (χ2v) is 7.83. The smallest absolute Gasteiger partial charge is 0.355 e. The van der Waals surface area contributed by atoms with Crippen LogP contribution in [0.25, 0.3) is 0 Å². The number of nitrogens with zero attached hydrogens (tertiary/aromatic N) is 5. The highest BCUT2D eigenvalue weighted by Gasteiger charge is 2.16. The zero-order chi connectivity index (χ0) is 23.4. The van der Waals surface area contributed by atoms with Crippen LogP contribution in [0.1, 0.15) is 5.56 Å². The fourth-order valence-electron chi connectivity index (χ4n) is 2.85. The minimum Gasteiger partial charge on any atom is -0.480 e. The lowest BCUT2D eigenvalue weighted by atomic mass is 10.2. The third-order valence-corrected chi connectivity index (χ3v) is 5.15. The van der Waals surface area contributed by atoms with Crippen molar-refractivity contribution in [1.82, 2.24) is 23.5 Å². The van der Waals surface area contributed by atoms with Gasteiger partial charge in [-0.2, -0.15) is 14.3 Å². The van der Waals surface area contributed by atoms with E-state index in [-0.39, 0.29) is 12.5 Å². The molecule has 0 fully saturated rings. The Balaban J connectivity index is 1.67. The van der Waals surface area contributed by atoms with Crippen LogP contribution in [0.15, 0.2) is 64.4 Å². The van der Waals surface area contributed by atoms with Gasteiger partial charge in [-0.05, 0) is 42.0 Å². The lowest BCUT2D eigenvalue weighted by Crippen LogP contribution is -2.44. The molecule has 2 heterocycles. The highest BCUT2D eigenvalue weighted by Crippen LogP contribution is 2.24. The molecular formula is C20H15ClN6O5S. The van der Waals surface area contributed by atoms with Crippen molar-refractivity contribution < 1.29 is 14.6 Å². The van der Waals surface area contributed by atoms with Gasteiger partial charge in [-0.25, -0.2) is 14.2 Å². The Morgan fingerprint density at radius 2 is 1.82 bits per heavy atom. The molecule has 0 atom stereocenters. The first-order valence-electron chi connectivity index (χ1n) is 9.38. The molecule has 33 heavy (non-hydrogen) atoms. The van der Waals surface area contributed by atoms with Crippen molar-refractivity contribution in [2.45, 2.75) is 13.1 Å². The molecular weight excluding hydrogens is 472 g/mol. The molecule has 168 valence electrons. The predicted octanol–water partition coefficient (Wildman–Crippen LogP) is 2.58. The number of anilines is 2. The van der Waals surface area contributed by atoms with E-state index >= 15 is 0 Å². The van der Waals surface area contributed by atoms with Crippen molar-refractivity contribution in [3.8, 4) is 10.9 Å². The molecule has 0 aliphatic heterocycles. The van der Waals surface area contributed by atoms with Crippen LogP contribution in [-0.2, 0) is 17.9 Å². The normalized spacial score (nSPS) is 10.7. The zero-order valence-electron chi connectivity index (χ0n) is 16.7. The summed E-state index contributed by atoms with van der Waals surface area (Å²) in [5, 5.41) is 12.9. The Hall–Kier alpha value is -4.03. The molecule has 0 aliphatic carbocycles. The van der Waals surface area contributed by atoms with E-state index in [9.17, 15) is 14.4 Å². The maximum atomic E-state index is 13.0. The summed E-state index contributed by atoms with van der Waals surface area (Å²) >= 11 is 7.03. The summed E-state index contributed by atoms with van der Waals surface area (Å²) < 4.78 is 11.2. The fourth-order valence-corrected chi connectivity index (χ4v) is 3.39. The molecule has 0 saturated carbocycles. The van der Waals surface area contributed by atoms with E-state index in [4.69, 9.17) is 21.4 Å². The average Bonchev–Trinajstić information content (AvgIpc) is 3.29. The van der Waals surface area contributed by atoms with Crippen molar-refractivity contribution >= 4 is 40.7 Å². The van der Waals surface area contributed by atoms with E-state index in [0.717, 1.165) is 11.5 Å². The summed E-state index contributed by atoms with van der Waals surface area (Å²) in [7, 11) is 0. The van der Waals surface area contributed by atoms with Gasteiger partial charge in [0.2, 0.25) is 5.95 Å². The molecule has 4 rings (SSSR count). The Morgan fingerprint density at radius 3 is 2.45 bits per heavy atom. The predicted molar refractivity (Wildman–Crippen MR) is 121 cm³/mol. The number of nitrogens with one attached hydrogen (secondary N) is 1. The standard InChI is InChI=1S/C20H15ClN6O5S/c21-13-3-1-12(2-4-13)9-26-17(25-18(30)27(20(26)31)10-16(28)29)24-14-5-7-15(8-6-14)32-19-22-11-23-33-19/h1-8,11H,9-10H2,(H,28,29)(H,24,25,30). The van der Waals surface area contributed by atoms with Gasteiger partial charge >= 0.3 is 17.3 Å². The highest BCUT2D eigenvalue weighted by molar-refractivity contribution is 7.07. The number of ether oxygens (including phenoxy) is 1. The van der Waals surface area contributed by atoms with E-state index in [2.05, 4.69) is 19.7 Å². The minimum absolute atomic E-state index is 0.0312. The van der Waals surface area contributed by atoms with Crippen molar-refractivity contribution in [3.63, 3.8) is 0 Å². The van der Waals surface area contributed by atoms with Crippen molar-refractivity contribution in [3.05, 3.63) is 86.4 Å². The molecule has 2 aromatic heterocycles. The molecule has 0 amide bonds. The van der Waals surface area contributed by atoms with Gasteiger partial charge in [0.25, 0.3) is 5.19 Å². The molecule has 4 aromatic rings. The topological polar surface area (TPSA) is 141 Å². The van der Waals surface area contributed by atoms with Gasteiger partial charge in [0.15, 0.2) is 0 Å². The van der Waals surface area contributed by atoms with Crippen LogP contribution in [-0.4, -0.2) is 34.6 Å². The molecule has 0 radical (unpaired) electrons. The van der Waals surface area contributed by atoms with Crippen LogP contribution in [0.3, 0.4) is 0 Å². The summed E-state index contributed by atoms with van der Waals surface area (Å²) in [6.45, 7) is -0.771. The lowest BCUT2D eigenvalue weighted by Gasteiger charge is -2.15. The van der Waals surface area contributed by atoms with Gasteiger partial charge in [-0.1, -0.05) is 23.7 Å². The summed E-state index contributed by atoms with van der Waals surface area (Å²) in [6, 6.07) is 13.4. The van der Waals surface area contributed by atoms with Gasteiger partial charge in [0.1, 0.15) is 18.6 Å². The maximum Gasteiger partial charge on any atom is 0.355 e. The first-order valence-corrected chi connectivity index (χ1v) is 10.5. The number of carboxylic acid groups (broad SMARTS) is 1. The van der Waals surface area contributed by atoms with Gasteiger partial charge in [-0.15, -0.1) is 0 Å². The van der Waals surface area contributed by atoms with E-state index in [1.165, 1.54) is 10.9 Å². The van der Waals surface area contributed by atoms with E-state index < -0.39 is 23.9 Å². The van der Waals surface area contributed by atoms with E-state index in [1.54, 1.807) is 48.5 Å². The number of carbonyl (C=O) groups is 1. The first-order chi connectivity index (χ1) is 15.9. The van der Waals surface area contributed by atoms with E-state index in [1.807, 2.05) is 0 Å². The van der Waals surface area contributed by atoms with Crippen molar-refractivity contribution in [2.24, 2.45) is 0 Å². The molecule has 2 aromatic carbocycles. The number of hydrogen-bond donors (Lipinski definition) is 2. The second kappa shape index (κ2) is 9.63. The molecule has 0 unspecified atom stereocenters. The molecule has 0 aliphatic rings. The number of halogens is 1. The maximum absolute atomic E-state index is 13.0. The number of carboxylic acids is 1. The second-order valence-electron chi connectivity index (χ2n) is 6.65. The number of rotatable bonds is 8. The largest absolute Gasteiger partial charge is 0.480 e. The minimum atomic E-state index is -1.33. The zero-order valence-corrected chi connectivity index (χ0v) is 18.3. The summed E-state index contributed by atoms with van der Waals surface area (Å²) in [5.74, 6) is -0.860. The van der Waals surface area contributed by atoms with Gasteiger partial charge < -0.3 is 15.2 Å². The first kappa shape index (κ1) is 22.2. The summed E-state index contributed by atoms with van der Waals surface area (Å²) in [5.41, 5.74) is -0.570. The van der Waals surface area contributed by atoms with Crippen LogP contribution >= 0.6 is 23.1 Å². The van der Waals surface area contributed by atoms with Crippen LogP contribution in [0.5, 0.6) is 10.9 Å². The summed E-state index contributed by atoms with van der Waals surface area (Å²) in [4.78, 5) is 44.3. The van der Waals surface area contributed by atoms with Crippen LogP contribution < -0.4 is 21.4 Å². The number of aromatic nitrogens is 5. The number of hydrogen-bond acceptors (Lipinski definition) is 9. The molecule has 11 nitrogen and oxygen atoms in total. The lowest BCUT2D eigenvalue weighted by molar-refractivity contribution is -0.137. The third kappa shape index (κ3) is 5.42. The number of aliphatic carboxylic acids is 1. The SMILES string of the molecule is O=C(O)Cn1c(=O)nc(Nc2ccc(Oc3ncns3)cc2)n(Cc2ccc(Cl)cc2)c1=O. The van der Waals surface area contributed by atoms with Crippen molar-refractivity contribution in [1.29, 1.82) is 0 Å². The quantitative estimate of drug-likeness (QED) is 0.384. The van der Waals surface area contributed by atoms with Crippen LogP contribution in [0.2, 0.25) is 5.02 Å². The molecule has 13 heteroatoms. The molecule has 0 saturated heterocycles. The Morgan fingerprint density at radius 1 is 1.09 bits per heavy atom. The van der Waals surface area contributed by atoms with E-state index in [0.29, 0.717) is 31.8 Å². The van der Waals surface area contributed by atoms with Gasteiger partial charge in [-0.3, -0.25) is 9.36 Å². The monoisotopic (exact) mass is 486 g/mol. The Bertz CT molecular complexity index is 1380. The van der Waals surface area contributed by atoms with Crippen LogP contribution in [0.4, 0.5) is 11.6 Å². The summed E-state index contributed by atoms with van der Waals surface area (Å²) in [6.07, 6.45) is 1.38. The third-order valence-electron chi connectivity index (χ3n) is 4.35. The van der Waals surface area contributed by atoms with Gasteiger partial charge in [0, 0.05) is 22.2 Å². The fraction of sp³-hybridized carbons (Fsp3) is 0.100. The molecule has 0 spiro atoms. The average molecular weight is 487 g/mol. The highest BCUT2D eigenvalue weighted by atomic mass is 35.5. The van der Waals surface area contributed by atoms with Crippen molar-refractivity contribution in [2.75, 3.05) is 5.32 Å². The Kier molecular flexibility index (Phi) is 6.47.